The molecule has 9 amide bonds. The molecule has 0 aliphatic carbocycles. The molecule has 2 heterocycles. The zero-order chi connectivity index (χ0) is 55.7. The van der Waals surface area contributed by atoms with Crippen molar-refractivity contribution in [3.63, 3.8) is 0 Å². The molecule has 76 heavy (non-hydrogen) atoms. The van der Waals surface area contributed by atoms with Gasteiger partial charge in [-0.2, -0.15) is 0 Å². The van der Waals surface area contributed by atoms with E-state index < -0.39 is 95.5 Å². The van der Waals surface area contributed by atoms with Crippen molar-refractivity contribution in [2.75, 3.05) is 26.2 Å². The van der Waals surface area contributed by atoms with Gasteiger partial charge in [-0.05, 0) is 93.7 Å². The highest BCUT2D eigenvalue weighted by Crippen LogP contribution is 2.20. The van der Waals surface area contributed by atoms with Gasteiger partial charge in [-0.3, -0.25) is 53.1 Å². The number of para-hydroxylation sites is 1. The van der Waals surface area contributed by atoms with Gasteiger partial charge >= 0.3 is 0 Å². The molecule has 4 rings (SSSR count). The van der Waals surface area contributed by atoms with Gasteiger partial charge in [0.05, 0.1) is 0 Å². The predicted molar refractivity (Wildman–Crippen MR) is 285 cm³/mol. The van der Waals surface area contributed by atoms with Gasteiger partial charge in [0.1, 0.15) is 42.3 Å². The van der Waals surface area contributed by atoms with Crippen LogP contribution in [0.3, 0.4) is 0 Å². The molecule has 7 atom stereocenters. The first-order valence-corrected chi connectivity index (χ1v) is 25.4. The van der Waals surface area contributed by atoms with Crippen LogP contribution in [-0.4, -0.2) is 139 Å². The van der Waals surface area contributed by atoms with Crippen molar-refractivity contribution < 1.29 is 43.2 Å². The second-order valence-electron chi connectivity index (χ2n) is 18.3. The second kappa shape index (κ2) is 31.0. The van der Waals surface area contributed by atoms with Crippen molar-refractivity contribution in [3.05, 3.63) is 70.9 Å². The molecule has 1 unspecified atom stereocenters. The standard InChI is InChI=1S/C49H72ClN17O9/c1-27(68)61-34(15-7-21-58-48(53)54)42(71)65-37-17-18-40(69)57-20-6-14-33(41(52)70)62-47(76)39(25-29-26-60-32-12-3-2-11-31(29)32)67-44(73)36(16-8-22-59-49(55)56)64-46(75)38(24-28-9-4-10-30(50)23-28)66-43(72)35(13-5-19-51)63-45(37)74/h2-4,9-12,23,26,33-39,60H,5-8,13-22,24-25,51H2,1H3,(H2,52,70)(H,57,69)(H,61,68)(H,62,76)(H,63,74)(H,64,75)(H,65,71)(H,66,72)(H,67,73)(H4,53,54,58)(H4,55,56,59)/t33?,34-,35-,36-,37-,38+,39-/m0/s1. The zero-order valence-electron chi connectivity index (χ0n) is 42.5. The first-order chi connectivity index (χ1) is 36.2. The molecule has 0 radical (unpaired) electrons. The van der Waals surface area contributed by atoms with E-state index in [0.717, 1.165) is 10.9 Å². The maximum absolute atomic E-state index is 14.7. The van der Waals surface area contributed by atoms with Crippen LogP contribution >= 0.6 is 11.6 Å². The number of halogens is 1. The van der Waals surface area contributed by atoms with Crippen LogP contribution in [0, 0.1) is 0 Å². The van der Waals surface area contributed by atoms with Crippen molar-refractivity contribution in [2.24, 2.45) is 44.4 Å². The Balaban J connectivity index is 1.78. The lowest BCUT2D eigenvalue weighted by molar-refractivity contribution is -0.136. The van der Waals surface area contributed by atoms with Crippen LogP contribution in [0.2, 0.25) is 5.02 Å². The molecule has 0 bridgehead atoms. The molecule has 0 saturated carbocycles. The topological polar surface area (TPSA) is 446 Å². The molecule has 2 aromatic carbocycles. The van der Waals surface area contributed by atoms with Crippen LogP contribution in [0.5, 0.6) is 0 Å². The Morgan fingerprint density at radius 3 is 1.97 bits per heavy atom. The van der Waals surface area contributed by atoms with Gasteiger partial charge in [-0.15, -0.1) is 0 Å². The summed E-state index contributed by atoms with van der Waals surface area (Å²) in [5.41, 5.74) is 35.6. The number of aliphatic imine (C=N–C) groups is 2. The van der Waals surface area contributed by atoms with Gasteiger partial charge in [-0.1, -0.05) is 41.9 Å². The van der Waals surface area contributed by atoms with E-state index in [4.69, 9.17) is 46.0 Å². The summed E-state index contributed by atoms with van der Waals surface area (Å²) >= 11 is 6.34. The number of rotatable bonds is 19. The number of aromatic amines is 1. The normalized spacial score (nSPS) is 21.0. The Morgan fingerprint density at radius 1 is 0.724 bits per heavy atom. The summed E-state index contributed by atoms with van der Waals surface area (Å²) in [5, 5.41) is 22.5. The minimum absolute atomic E-state index is 0.0173. The van der Waals surface area contributed by atoms with Crippen molar-refractivity contribution in [1.82, 2.24) is 47.5 Å². The number of carbonyl (C=O) groups is 9. The van der Waals surface area contributed by atoms with E-state index in [9.17, 15) is 43.2 Å². The van der Waals surface area contributed by atoms with Crippen molar-refractivity contribution in [1.29, 1.82) is 0 Å². The molecule has 0 spiro atoms. The molecule has 1 aromatic heterocycles. The highest BCUT2D eigenvalue weighted by atomic mass is 35.5. The van der Waals surface area contributed by atoms with Crippen LogP contribution in [0.1, 0.15) is 82.3 Å². The third kappa shape index (κ3) is 20.7. The number of fused-ring (bicyclic) bond motifs is 1. The fourth-order valence-electron chi connectivity index (χ4n) is 8.31. The SMILES string of the molecule is CC(=O)N[C@@H](CCCN=C(N)N)C(=O)N[C@H]1CCC(=O)NCCCC(C(N)=O)NC(=O)[C@H](Cc2c[nH]c3ccccc23)NC(=O)[C@H](CCCN=C(N)N)NC(=O)[C@@H](Cc2cccc(Cl)c2)NC(=O)[C@H](CCCN)NC1=O. The smallest absolute Gasteiger partial charge is 0.243 e. The van der Waals surface area contributed by atoms with Crippen LogP contribution < -0.4 is 76.9 Å². The van der Waals surface area contributed by atoms with E-state index in [0.29, 0.717) is 16.1 Å². The lowest BCUT2D eigenvalue weighted by atomic mass is 10.0. The van der Waals surface area contributed by atoms with Gasteiger partial charge in [0.25, 0.3) is 0 Å². The van der Waals surface area contributed by atoms with Crippen molar-refractivity contribution in [2.45, 2.75) is 126 Å². The number of guanidine groups is 2. The number of hydrogen-bond donors (Lipinski definition) is 15. The predicted octanol–water partition coefficient (Wildman–Crippen LogP) is -2.96. The number of amides is 9. The zero-order valence-corrected chi connectivity index (χ0v) is 43.2. The van der Waals surface area contributed by atoms with Gasteiger partial charge < -0.3 is 81.9 Å². The first kappa shape index (κ1) is 60.6. The molecule has 1 aliphatic heterocycles. The molecule has 26 nitrogen and oxygen atoms in total. The van der Waals surface area contributed by atoms with Crippen LogP contribution in [0.4, 0.5) is 0 Å². The number of nitrogens with zero attached hydrogens (tertiary/aromatic N) is 2. The van der Waals surface area contributed by atoms with Gasteiger partial charge in [0.2, 0.25) is 53.2 Å². The van der Waals surface area contributed by atoms with E-state index in [1.165, 1.54) is 6.92 Å². The van der Waals surface area contributed by atoms with Crippen LogP contribution in [-0.2, 0) is 56.0 Å². The summed E-state index contributed by atoms with van der Waals surface area (Å²) < 4.78 is 0. The Bertz CT molecular complexity index is 2570. The van der Waals surface area contributed by atoms with E-state index in [1.54, 1.807) is 36.5 Å². The fraction of sp³-hybridized carbons (Fsp3) is 0.490. The largest absolute Gasteiger partial charge is 0.370 e. The Hall–Kier alpha value is -8.00. The number of benzene rings is 2. The number of nitrogens with two attached hydrogens (primary N) is 6. The number of H-pyrrole nitrogens is 1. The number of aromatic nitrogens is 1. The van der Waals surface area contributed by atoms with E-state index >= 15 is 0 Å². The minimum atomic E-state index is -1.47. The number of primary amides is 1. The maximum atomic E-state index is 14.7. The third-order valence-electron chi connectivity index (χ3n) is 12.2. The molecule has 1 fully saturated rings. The number of nitrogens with one attached hydrogen (secondary N) is 9. The lowest BCUT2D eigenvalue weighted by Crippen LogP contribution is -2.60. The van der Waals surface area contributed by atoms with Gasteiger partial charge in [0.15, 0.2) is 11.9 Å². The van der Waals surface area contributed by atoms with Crippen molar-refractivity contribution >= 4 is 87.6 Å². The molecular weight excluding hydrogens is 1010 g/mol. The van der Waals surface area contributed by atoms with Crippen LogP contribution in [0.25, 0.3) is 10.9 Å². The Kier molecular flexibility index (Phi) is 24.7. The van der Waals surface area contributed by atoms with E-state index in [2.05, 4.69) is 57.5 Å². The molecule has 1 aliphatic rings. The minimum Gasteiger partial charge on any atom is -0.370 e. The second-order valence-corrected chi connectivity index (χ2v) is 18.7. The molecule has 1 saturated heterocycles. The number of hydrogen-bond acceptors (Lipinski definition) is 12. The summed E-state index contributed by atoms with van der Waals surface area (Å²) in [4.78, 5) is 136. The number of carbonyl (C=O) groups excluding carboxylic acids is 9. The van der Waals surface area contributed by atoms with E-state index in [1.807, 2.05) is 18.2 Å². The maximum Gasteiger partial charge on any atom is 0.243 e. The third-order valence-corrected chi connectivity index (χ3v) is 12.4. The molecular formula is C49H72ClN17O9. The summed E-state index contributed by atoms with van der Waals surface area (Å²) in [5.74, 6) is -7.42. The highest BCUT2D eigenvalue weighted by molar-refractivity contribution is 6.30. The average molecular weight is 1080 g/mol. The Labute approximate surface area is 444 Å². The molecule has 27 heteroatoms. The quantitative estimate of drug-likeness (QED) is 0.0324. The molecule has 414 valence electrons. The van der Waals surface area contributed by atoms with E-state index in [-0.39, 0.29) is 115 Å². The van der Waals surface area contributed by atoms with Crippen molar-refractivity contribution in [3.8, 4) is 0 Å². The summed E-state index contributed by atoms with van der Waals surface area (Å²) in [6.45, 7) is 1.43. The fourth-order valence-corrected chi connectivity index (χ4v) is 8.52. The lowest BCUT2D eigenvalue weighted by Gasteiger charge is -2.28. The first-order valence-electron chi connectivity index (χ1n) is 25.0. The average Bonchev–Trinajstić information content (AvgIpc) is 3.77. The Morgan fingerprint density at radius 2 is 1.33 bits per heavy atom. The summed E-state index contributed by atoms with van der Waals surface area (Å²) in [6.07, 6.45) is 1.35. The van der Waals surface area contributed by atoms with Gasteiger partial charge in [0, 0.05) is 67.9 Å². The molecule has 21 N–H and O–H groups in total. The highest BCUT2D eigenvalue weighted by Gasteiger charge is 2.35. The summed E-state index contributed by atoms with van der Waals surface area (Å²) in [6, 6.07) is 4.27. The monoisotopic (exact) mass is 1080 g/mol. The van der Waals surface area contributed by atoms with Gasteiger partial charge in [-0.25, -0.2) is 0 Å². The van der Waals surface area contributed by atoms with Crippen LogP contribution in [0.15, 0.2) is 64.7 Å². The summed E-state index contributed by atoms with van der Waals surface area (Å²) in [7, 11) is 0. The molecule has 3 aromatic rings.